The highest BCUT2D eigenvalue weighted by Gasteiger charge is 2.55. The molecule has 6 heteroatoms. The summed E-state index contributed by atoms with van der Waals surface area (Å²) in [5.41, 5.74) is 1.89. The Bertz CT molecular complexity index is 823. The molecule has 23 heavy (non-hydrogen) atoms. The zero-order valence-corrected chi connectivity index (χ0v) is 13.0. The minimum absolute atomic E-state index is 0.191. The van der Waals surface area contributed by atoms with Crippen LogP contribution in [-0.4, -0.2) is 21.8 Å². The number of carbonyl (C=O) groups is 2. The van der Waals surface area contributed by atoms with Crippen LogP contribution in [0.25, 0.3) is 0 Å². The third-order valence-electron chi connectivity index (χ3n) is 4.55. The van der Waals surface area contributed by atoms with E-state index in [-0.39, 0.29) is 18.5 Å². The molecule has 1 aliphatic carbocycles. The van der Waals surface area contributed by atoms with Gasteiger partial charge >= 0.3 is 6.03 Å². The van der Waals surface area contributed by atoms with Crippen molar-refractivity contribution in [2.75, 3.05) is 0 Å². The number of fused-ring (bicyclic) bond motifs is 2. The zero-order chi connectivity index (χ0) is 16.0. The van der Waals surface area contributed by atoms with Crippen molar-refractivity contribution in [3.63, 3.8) is 0 Å². The fourth-order valence-corrected chi connectivity index (χ4v) is 3.65. The Balaban J connectivity index is 1.68. The van der Waals surface area contributed by atoms with Crippen LogP contribution in [-0.2, 0) is 23.3 Å². The molecule has 1 fully saturated rings. The summed E-state index contributed by atoms with van der Waals surface area (Å²) in [6.07, 6.45) is 2.96. The van der Waals surface area contributed by atoms with Crippen LogP contribution >= 0.6 is 11.6 Å². The van der Waals surface area contributed by atoms with Gasteiger partial charge in [0.05, 0.1) is 6.54 Å². The van der Waals surface area contributed by atoms with Crippen molar-refractivity contribution in [3.8, 4) is 0 Å². The summed E-state index contributed by atoms with van der Waals surface area (Å²) in [7, 11) is 0. The van der Waals surface area contributed by atoms with E-state index in [1.54, 1.807) is 18.3 Å². The summed E-state index contributed by atoms with van der Waals surface area (Å²) >= 11 is 5.88. The fraction of sp³-hybridized carbons (Fsp3) is 0.235. The summed E-state index contributed by atoms with van der Waals surface area (Å²) in [5, 5.41) is 3.25. The molecule has 4 rings (SSSR count). The maximum Gasteiger partial charge on any atom is 0.325 e. The van der Waals surface area contributed by atoms with Gasteiger partial charge < -0.3 is 5.32 Å². The van der Waals surface area contributed by atoms with Crippen LogP contribution in [0.15, 0.2) is 42.6 Å². The van der Waals surface area contributed by atoms with Gasteiger partial charge in [0.1, 0.15) is 10.7 Å². The van der Waals surface area contributed by atoms with Gasteiger partial charge in [0, 0.05) is 6.20 Å². The molecule has 1 atom stereocenters. The van der Waals surface area contributed by atoms with E-state index in [2.05, 4.69) is 10.3 Å². The molecule has 1 saturated heterocycles. The molecule has 116 valence electrons. The zero-order valence-electron chi connectivity index (χ0n) is 12.3. The highest BCUT2D eigenvalue weighted by Crippen LogP contribution is 2.41. The van der Waals surface area contributed by atoms with Crippen molar-refractivity contribution in [2.24, 2.45) is 0 Å². The molecule has 2 aliphatic rings. The number of nitrogens with zero attached hydrogens (tertiary/aromatic N) is 2. The van der Waals surface area contributed by atoms with Crippen molar-refractivity contribution in [2.45, 2.75) is 24.9 Å². The lowest BCUT2D eigenvalue weighted by molar-refractivity contribution is -0.132. The Hall–Kier alpha value is -2.40. The van der Waals surface area contributed by atoms with E-state index in [0.29, 0.717) is 11.6 Å². The molecule has 0 saturated carbocycles. The molecule has 1 unspecified atom stereocenters. The molecular weight excluding hydrogens is 314 g/mol. The highest BCUT2D eigenvalue weighted by molar-refractivity contribution is 6.29. The number of imide groups is 1. The first-order valence-electron chi connectivity index (χ1n) is 7.43. The number of hydrogen-bond acceptors (Lipinski definition) is 3. The van der Waals surface area contributed by atoms with Gasteiger partial charge in [0.15, 0.2) is 0 Å². The lowest BCUT2D eigenvalue weighted by Gasteiger charge is -2.22. The number of carbonyl (C=O) groups excluding carboxylic acids is 2. The van der Waals surface area contributed by atoms with Crippen LogP contribution in [0.4, 0.5) is 4.79 Å². The normalized spacial score (nSPS) is 22.6. The van der Waals surface area contributed by atoms with Gasteiger partial charge in [-0.05, 0) is 41.7 Å². The molecular formula is C17H14ClN3O2. The van der Waals surface area contributed by atoms with E-state index in [0.717, 1.165) is 23.1 Å². The Morgan fingerprint density at radius 3 is 2.91 bits per heavy atom. The lowest BCUT2D eigenvalue weighted by Crippen LogP contribution is -2.41. The lowest BCUT2D eigenvalue weighted by atomic mass is 9.92. The fourth-order valence-electron chi connectivity index (χ4n) is 3.46. The molecule has 1 aromatic carbocycles. The van der Waals surface area contributed by atoms with E-state index in [1.165, 1.54) is 4.90 Å². The average molecular weight is 328 g/mol. The first kappa shape index (κ1) is 14.2. The Morgan fingerprint density at radius 2 is 2.09 bits per heavy atom. The molecule has 1 aromatic heterocycles. The summed E-state index contributed by atoms with van der Waals surface area (Å²) in [4.78, 5) is 30.5. The van der Waals surface area contributed by atoms with Crippen molar-refractivity contribution in [3.05, 3.63) is 64.4 Å². The number of halogens is 1. The molecule has 1 aliphatic heterocycles. The average Bonchev–Trinajstić information content (AvgIpc) is 3.02. The summed E-state index contributed by atoms with van der Waals surface area (Å²) in [5.74, 6) is -0.194. The number of pyridine rings is 1. The SMILES string of the molecule is O=C1NC2(CCc3ccccc32)C(=O)N1Cc1ccnc(Cl)c1. The van der Waals surface area contributed by atoms with Gasteiger partial charge in [-0.1, -0.05) is 35.9 Å². The van der Waals surface area contributed by atoms with E-state index in [1.807, 2.05) is 24.3 Å². The van der Waals surface area contributed by atoms with Crippen molar-refractivity contribution in [1.82, 2.24) is 15.2 Å². The van der Waals surface area contributed by atoms with Crippen molar-refractivity contribution < 1.29 is 9.59 Å². The predicted octanol–water partition coefficient (Wildman–Crippen LogP) is 2.63. The Labute approximate surface area is 138 Å². The van der Waals surface area contributed by atoms with E-state index < -0.39 is 5.54 Å². The van der Waals surface area contributed by atoms with Gasteiger partial charge in [-0.3, -0.25) is 9.69 Å². The number of nitrogens with one attached hydrogen (secondary N) is 1. The number of hydrogen-bond donors (Lipinski definition) is 1. The molecule has 0 radical (unpaired) electrons. The number of aryl methyl sites for hydroxylation is 1. The number of aromatic nitrogens is 1. The molecule has 2 heterocycles. The molecule has 1 N–H and O–H groups in total. The van der Waals surface area contributed by atoms with Gasteiger partial charge in [-0.2, -0.15) is 0 Å². The second-order valence-electron chi connectivity index (χ2n) is 5.87. The number of benzene rings is 1. The van der Waals surface area contributed by atoms with Crippen LogP contribution in [0.2, 0.25) is 5.15 Å². The maximum atomic E-state index is 13.0. The monoisotopic (exact) mass is 327 g/mol. The first-order valence-corrected chi connectivity index (χ1v) is 7.81. The topological polar surface area (TPSA) is 62.3 Å². The number of urea groups is 1. The van der Waals surface area contributed by atoms with E-state index in [9.17, 15) is 9.59 Å². The smallest absolute Gasteiger partial charge is 0.319 e. The van der Waals surface area contributed by atoms with Crippen molar-refractivity contribution in [1.29, 1.82) is 0 Å². The van der Waals surface area contributed by atoms with Crippen LogP contribution < -0.4 is 5.32 Å². The maximum absolute atomic E-state index is 13.0. The Kier molecular flexibility index (Phi) is 3.13. The van der Waals surface area contributed by atoms with Crippen molar-refractivity contribution >= 4 is 23.5 Å². The summed E-state index contributed by atoms with van der Waals surface area (Å²) in [6.45, 7) is 0.191. The molecule has 5 nitrogen and oxygen atoms in total. The first-order chi connectivity index (χ1) is 11.1. The second kappa shape index (κ2) is 5.06. The van der Waals surface area contributed by atoms with E-state index >= 15 is 0 Å². The minimum atomic E-state index is -0.912. The molecule has 1 spiro atoms. The Morgan fingerprint density at radius 1 is 1.26 bits per heavy atom. The van der Waals surface area contributed by atoms with E-state index in [4.69, 9.17) is 11.6 Å². The molecule has 0 bridgehead atoms. The highest BCUT2D eigenvalue weighted by atomic mass is 35.5. The quantitative estimate of drug-likeness (QED) is 0.681. The van der Waals surface area contributed by atoms with Gasteiger partial charge in [-0.15, -0.1) is 0 Å². The molecule has 2 aromatic rings. The third-order valence-corrected chi connectivity index (χ3v) is 4.76. The summed E-state index contributed by atoms with van der Waals surface area (Å²) in [6, 6.07) is 10.8. The number of rotatable bonds is 2. The van der Waals surface area contributed by atoms with Gasteiger partial charge in [0.2, 0.25) is 0 Å². The van der Waals surface area contributed by atoms with Crippen LogP contribution in [0.5, 0.6) is 0 Å². The van der Waals surface area contributed by atoms with Crippen LogP contribution in [0, 0.1) is 0 Å². The largest absolute Gasteiger partial charge is 0.325 e. The van der Waals surface area contributed by atoms with Crippen LogP contribution in [0.1, 0.15) is 23.1 Å². The van der Waals surface area contributed by atoms with Gasteiger partial charge in [0.25, 0.3) is 5.91 Å². The molecule has 3 amide bonds. The second-order valence-corrected chi connectivity index (χ2v) is 6.26. The predicted molar refractivity (Wildman–Crippen MR) is 84.8 cm³/mol. The minimum Gasteiger partial charge on any atom is -0.319 e. The van der Waals surface area contributed by atoms with Crippen LogP contribution in [0.3, 0.4) is 0 Å². The number of amides is 3. The third kappa shape index (κ3) is 2.11. The summed E-state index contributed by atoms with van der Waals surface area (Å²) < 4.78 is 0. The van der Waals surface area contributed by atoms with Gasteiger partial charge in [-0.25, -0.2) is 9.78 Å². The standard InChI is InChI=1S/C17H14ClN3O2/c18-14-9-11(6-8-19-14)10-21-15(22)17(20-16(21)23)7-5-12-3-1-2-4-13(12)17/h1-4,6,8-9H,5,7,10H2,(H,20,23).